The fraction of sp³-hybridized carbons (Fsp3) is 0.933. The Morgan fingerprint density at radius 1 is 1.16 bits per heavy atom. The highest BCUT2D eigenvalue weighted by Gasteiger charge is 2.25. The molecule has 0 aromatic heterocycles. The van der Waals surface area contributed by atoms with Crippen molar-refractivity contribution in [1.82, 2.24) is 15.5 Å². The third-order valence-corrected chi connectivity index (χ3v) is 4.54. The van der Waals surface area contributed by atoms with Crippen LogP contribution in [0.4, 0.5) is 4.79 Å². The largest absolute Gasteiger partial charge is 0.335 e. The molecule has 2 rings (SSSR count). The molecule has 1 atom stereocenters. The highest BCUT2D eigenvalue weighted by atomic mass is 16.2. The first kappa shape index (κ1) is 14.6. The Balaban J connectivity index is 1.74. The van der Waals surface area contributed by atoms with Gasteiger partial charge in [-0.05, 0) is 51.6 Å². The van der Waals surface area contributed by atoms with E-state index >= 15 is 0 Å². The molecule has 0 aromatic rings. The highest BCUT2D eigenvalue weighted by Crippen LogP contribution is 2.21. The van der Waals surface area contributed by atoms with Crippen molar-refractivity contribution in [3.8, 4) is 0 Å². The van der Waals surface area contributed by atoms with Gasteiger partial charge in [0.25, 0.3) is 0 Å². The monoisotopic (exact) mass is 267 g/mol. The maximum Gasteiger partial charge on any atom is 0.317 e. The lowest BCUT2D eigenvalue weighted by Crippen LogP contribution is -2.49. The maximum atomic E-state index is 12.3. The number of nitrogens with one attached hydrogen (secondary N) is 2. The van der Waals surface area contributed by atoms with Crippen LogP contribution in [0.25, 0.3) is 0 Å². The van der Waals surface area contributed by atoms with E-state index in [4.69, 9.17) is 0 Å². The summed E-state index contributed by atoms with van der Waals surface area (Å²) in [6.45, 7) is 2.94. The number of nitrogens with zero attached hydrogens (tertiary/aromatic N) is 1. The van der Waals surface area contributed by atoms with Crippen molar-refractivity contribution >= 4 is 6.03 Å². The third-order valence-electron chi connectivity index (χ3n) is 4.54. The molecule has 1 heterocycles. The Morgan fingerprint density at radius 2 is 1.95 bits per heavy atom. The number of likely N-dealkylation sites (tertiary alicyclic amines) is 1. The Hall–Kier alpha value is -0.770. The summed E-state index contributed by atoms with van der Waals surface area (Å²) >= 11 is 0. The van der Waals surface area contributed by atoms with E-state index in [0.717, 1.165) is 26.1 Å². The van der Waals surface area contributed by atoms with E-state index in [1.165, 1.54) is 44.9 Å². The number of amides is 2. The molecule has 1 saturated heterocycles. The van der Waals surface area contributed by atoms with Crippen molar-refractivity contribution in [2.75, 3.05) is 26.7 Å². The second-order valence-electron chi connectivity index (χ2n) is 6.13. The molecule has 1 unspecified atom stereocenters. The number of carbonyl (C=O) groups is 1. The van der Waals surface area contributed by atoms with Gasteiger partial charge < -0.3 is 15.5 Å². The molecule has 4 nitrogen and oxygen atoms in total. The SMILES string of the molecule is CNCCC1CCCN(C(=O)NC2CCCCC2)C1. The normalized spacial score (nSPS) is 25.3. The lowest BCUT2D eigenvalue weighted by Gasteiger charge is -2.34. The molecule has 0 bridgehead atoms. The van der Waals surface area contributed by atoms with Crippen LogP contribution < -0.4 is 10.6 Å². The molecular formula is C15H29N3O. The minimum atomic E-state index is 0.182. The van der Waals surface area contributed by atoms with Crippen LogP contribution in [0.3, 0.4) is 0 Å². The summed E-state index contributed by atoms with van der Waals surface area (Å²) in [5.74, 6) is 0.679. The molecule has 1 aliphatic carbocycles. The van der Waals surface area contributed by atoms with E-state index in [1.807, 2.05) is 11.9 Å². The van der Waals surface area contributed by atoms with E-state index in [2.05, 4.69) is 10.6 Å². The number of hydrogen-bond acceptors (Lipinski definition) is 2. The molecule has 1 aliphatic heterocycles. The van der Waals surface area contributed by atoms with E-state index in [0.29, 0.717) is 12.0 Å². The predicted molar refractivity (Wildman–Crippen MR) is 78.2 cm³/mol. The van der Waals surface area contributed by atoms with Gasteiger partial charge in [-0.25, -0.2) is 4.79 Å². The average molecular weight is 267 g/mol. The van der Waals surface area contributed by atoms with Crippen LogP contribution in [-0.4, -0.2) is 43.7 Å². The quantitative estimate of drug-likeness (QED) is 0.821. The van der Waals surface area contributed by atoms with Crippen molar-refractivity contribution in [2.45, 2.75) is 57.4 Å². The minimum Gasteiger partial charge on any atom is -0.335 e. The van der Waals surface area contributed by atoms with Crippen LogP contribution in [-0.2, 0) is 0 Å². The summed E-state index contributed by atoms with van der Waals surface area (Å²) in [6.07, 6.45) is 9.84. The first-order valence-corrected chi connectivity index (χ1v) is 7.99. The standard InChI is InChI=1S/C15H29N3O/c1-16-10-9-13-6-5-11-18(12-13)15(19)17-14-7-3-2-4-8-14/h13-14,16H,2-12H2,1H3,(H,17,19). The molecule has 2 N–H and O–H groups in total. The molecular weight excluding hydrogens is 238 g/mol. The number of urea groups is 1. The number of hydrogen-bond donors (Lipinski definition) is 2. The van der Waals surface area contributed by atoms with Crippen LogP contribution in [0.1, 0.15) is 51.4 Å². The fourth-order valence-electron chi connectivity index (χ4n) is 3.35. The number of piperidine rings is 1. The molecule has 2 aliphatic rings. The Morgan fingerprint density at radius 3 is 2.68 bits per heavy atom. The van der Waals surface area contributed by atoms with Crippen LogP contribution in [0.5, 0.6) is 0 Å². The Kier molecular flexibility index (Phi) is 5.95. The van der Waals surface area contributed by atoms with Gasteiger partial charge in [0.2, 0.25) is 0 Å². The Labute approximate surface area is 117 Å². The van der Waals surface area contributed by atoms with Crippen molar-refractivity contribution in [2.24, 2.45) is 5.92 Å². The summed E-state index contributed by atoms with van der Waals surface area (Å²) in [5, 5.41) is 6.44. The van der Waals surface area contributed by atoms with E-state index < -0.39 is 0 Å². The third kappa shape index (κ3) is 4.68. The zero-order valence-electron chi connectivity index (χ0n) is 12.3. The van der Waals surface area contributed by atoms with Gasteiger partial charge in [0.1, 0.15) is 0 Å². The van der Waals surface area contributed by atoms with Crippen LogP contribution >= 0.6 is 0 Å². The van der Waals surface area contributed by atoms with Gasteiger partial charge in [-0.15, -0.1) is 0 Å². The van der Waals surface area contributed by atoms with Gasteiger partial charge in [-0.3, -0.25) is 0 Å². The second kappa shape index (κ2) is 7.73. The van der Waals surface area contributed by atoms with Crippen LogP contribution in [0.2, 0.25) is 0 Å². The molecule has 0 aromatic carbocycles. The molecule has 19 heavy (non-hydrogen) atoms. The zero-order valence-corrected chi connectivity index (χ0v) is 12.3. The lowest BCUT2D eigenvalue weighted by molar-refractivity contribution is 0.157. The maximum absolute atomic E-state index is 12.3. The molecule has 0 spiro atoms. The topological polar surface area (TPSA) is 44.4 Å². The molecule has 2 fully saturated rings. The van der Waals surface area contributed by atoms with Gasteiger partial charge in [0.15, 0.2) is 0 Å². The first-order chi connectivity index (χ1) is 9.29. The lowest BCUT2D eigenvalue weighted by atomic mass is 9.94. The molecule has 110 valence electrons. The molecule has 2 amide bonds. The predicted octanol–water partition coefficient (Wildman–Crippen LogP) is 2.35. The van der Waals surface area contributed by atoms with Gasteiger partial charge in [0.05, 0.1) is 0 Å². The average Bonchev–Trinajstić information content (AvgIpc) is 2.46. The second-order valence-corrected chi connectivity index (χ2v) is 6.13. The molecule has 4 heteroatoms. The van der Waals surface area contributed by atoms with Gasteiger partial charge in [-0.2, -0.15) is 0 Å². The van der Waals surface area contributed by atoms with Gasteiger partial charge >= 0.3 is 6.03 Å². The molecule has 0 radical (unpaired) electrons. The number of carbonyl (C=O) groups excluding carboxylic acids is 1. The first-order valence-electron chi connectivity index (χ1n) is 7.99. The summed E-state index contributed by atoms with van der Waals surface area (Å²) in [4.78, 5) is 14.3. The summed E-state index contributed by atoms with van der Waals surface area (Å²) in [6, 6.07) is 0.611. The van der Waals surface area contributed by atoms with Crippen LogP contribution in [0.15, 0.2) is 0 Å². The fourth-order valence-corrected chi connectivity index (χ4v) is 3.35. The van der Waals surface area contributed by atoms with Crippen molar-refractivity contribution < 1.29 is 4.79 Å². The number of rotatable bonds is 4. The van der Waals surface area contributed by atoms with Crippen molar-refractivity contribution in [3.63, 3.8) is 0 Å². The van der Waals surface area contributed by atoms with Gasteiger partial charge in [-0.1, -0.05) is 19.3 Å². The summed E-state index contributed by atoms with van der Waals surface area (Å²) in [5.41, 5.74) is 0. The Bertz CT molecular complexity index is 277. The summed E-state index contributed by atoms with van der Waals surface area (Å²) in [7, 11) is 2.00. The smallest absolute Gasteiger partial charge is 0.317 e. The van der Waals surface area contributed by atoms with Crippen molar-refractivity contribution in [3.05, 3.63) is 0 Å². The zero-order chi connectivity index (χ0) is 13.5. The van der Waals surface area contributed by atoms with E-state index in [9.17, 15) is 4.79 Å². The molecule has 1 saturated carbocycles. The summed E-state index contributed by atoms with van der Waals surface area (Å²) < 4.78 is 0. The van der Waals surface area contributed by atoms with Crippen LogP contribution in [0, 0.1) is 5.92 Å². The van der Waals surface area contributed by atoms with E-state index in [-0.39, 0.29) is 6.03 Å². The van der Waals surface area contributed by atoms with Gasteiger partial charge in [0, 0.05) is 19.1 Å². The minimum absolute atomic E-state index is 0.182. The van der Waals surface area contributed by atoms with E-state index in [1.54, 1.807) is 0 Å². The van der Waals surface area contributed by atoms with Crippen molar-refractivity contribution in [1.29, 1.82) is 0 Å². The highest BCUT2D eigenvalue weighted by molar-refractivity contribution is 5.74.